The molecule has 4 nitrogen and oxygen atoms in total. The van der Waals surface area contributed by atoms with Gasteiger partial charge in [0.15, 0.2) is 0 Å². The van der Waals surface area contributed by atoms with Gasteiger partial charge < -0.3 is 19.0 Å². The minimum atomic E-state index is -4.64. The molecular formula is H6NaO4PSrTa. The Bertz CT molecular complexity index is 71.5. The van der Waals surface area contributed by atoms with Crippen molar-refractivity contribution in [2.75, 3.05) is 0 Å². The van der Waals surface area contributed by atoms with E-state index >= 15 is 0 Å². The summed E-state index contributed by atoms with van der Waals surface area (Å²) in [5.74, 6) is 0. The average molecular weight is 393 g/mol. The fourth-order valence-electron chi connectivity index (χ4n) is 0. The van der Waals surface area contributed by atoms with Crippen LogP contribution in [0.4, 0.5) is 0 Å². The van der Waals surface area contributed by atoms with Crippen LogP contribution in [-0.4, -0.2) is 60.2 Å². The standard InChI is InChI=1S/Na.H3O4P.Sr.Ta.3H/c;1-5(2,3)4;;;;;/h;(H3,1,2,3,4);;;;;/q+1;;+2;;3*-1. The summed E-state index contributed by atoms with van der Waals surface area (Å²) in [6.45, 7) is 0. The van der Waals surface area contributed by atoms with E-state index in [0.29, 0.717) is 0 Å². The molecule has 0 aliphatic heterocycles. The molecule has 0 aliphatic carbocycles. The molecule has 0 rings (SSSR count). The van der Waals surface area contributed by atoms with Crippen molar-refractivity contribution in [2.24, 2.45) is 0 Å². The zero-order valence-corrected chi connectivity index (χ0v) is 13.9. The maximum atomic E-state index is 8.88. The van der Waals surface area contributed by atoms with Gasteiger partial charge in [0.1, 0.15) is 0 Å². The molecule has 0 saturated carbocycles. The van der Waals surface area contributed by atoms with Gasteiger partial charge in [0, 0.05) is 22.4 Å². The third-order valence-corrected chi connectivity index (χ3v) is 0. The number of hydrogen-bond acceptors (Lipinski definition) is 1. The van der Waals surface area contributed by atoms with Crippen LogP contribution in [0, 0.1) is 0 Å². The zero-order chi connectivity index (χ0) is 4.50. The molecule has 1 radical (unpaired) electrons. The normalized spacial score (nSPS) is 7.38. The first kappa shape index (κ1) is 22.5. The minimum Gasteiger partial charge on any atom is -1.00 e. The molecule has 0 atom stereocenters. The number of rotatable bonds is 0. The molecule has 0 amide bonds. The van der Waals surface area contributed by atoms with Crippen molar-refractivity contribution in [2.45, 2.75) is 0 Å². The van der Waals surface area contributed by atoms with Crippen LogP contribution in [0.25, 0.3) is 0 Å². The maximum absolute atomic E-state index is 8.88. The average Bonchev–Trinajstić information content (AvgIpc) is 0.722. The van der Waals surface area contributed by atoms with E-state index < -0.39 is 7.82 Å². The van der Waals surface area contributed by atoms with Gasteiger partial charge in [0.05, 0.1) is 0 Å². The Kier molecular flexibility index (Phi) is 29.1. The third-order valence-electron chi connectivity index (χ3n) is 0. The van der Waals surface area contributed by atoms with Crippen molar-refractivity contribution in [1.29, 1.82) is 0 Å². The first-order valence-corrected chi connectivity index (χ1v) is 2.35. The molecule has 0 unspecified atom stereocenters. The van der Waals surface area contributed by atoms with Gasteiger partial charge >= 0.3 is 82.9 Å². The second-order valence-corrected chi connectivity index (χ2v) is 1.54. The Hall–Kier alpha value is 3.33. The van der Waals surface area contributed by atoms with Crippen molar-refractivity contribution in [3.05, 3.63) is 0 Å². The van der Waals surface area contributed by atoms with Crippen molar-refractivity contribution >= 4 is 53.3 Å². The summed E-state index contributed by atoms with van der Waals surface area (Å²) in [5, 5.41) is 0. The summed E-state index contributed by atoms with van der Waals surface area (Å²) in [4.78, 5) is 21.6. The van der Waals surface area contributed by atoms with Crippen LogP contribution < -0.4 is 29.6 Å². The quantitative estimate of drug-likeness (QED) is 0.290. The second-order valence-electron chi connectivity index (χ2n) is 0.513. The molecule has 43 valence electrons. The Balaban J connectivity index is -0.00000000533. The molecule has 8 heavy (non-hydrogen) atoms. The van der Waals surface area contributed by atoms with Gasteiger partial charge in [-0.05, 0) is 0 Å². The summed E-state index contributed by atoms with van der Waals surface area (Å²) in [7, 11) is -4.64. The van der Waals surface area contributed by atoms with Crippen molar-refractivity contribution < 1.29 is 75.5 Å². The van der Waals surface area contributed by atoms with Crippen LogP contribution in [0.5, 0.6) is 0 Å². The molecule has 3 N–H and O–H groups in total. The molecule has 0 bridgehead atoms. The Morgan fingerprint density at radius 3 is 1.25 bits per heavy atom. The first-order valence-electron chi connectivity index (χ1n) is 0.783. The van der Waals surface area contributed by atoms with E-state index in [9.17, 15) is 0 Å². The SMILES string of the molecule is O=P(O)(O)O.[H-].[H-].[H-].[Na+].[Sr+2].[Ta]. The summed E-state index contributed by atoms with van der Waals surface area (Å²) < 4.78 is 8.88. The van der Waals surface area contributed by atoms with Gasteiger partial charge in [-0.2, -0.15) is 0 Å². The van der Waals surface area contributed by atoms with Crippen molar-refractivity contribution in [3.8, 4) is 0 Å². The van der Waals surface area contributed by atoms with Gasteiger partial charge in [-0.1, -0.05) is 0 Å². The predicted molar refractivity (Wildman–Crippen MR) is 23.4 cm³/mol. The fourth-order valence-corrected chi connectivity index (χ4v) is 0. The molecular weight excluding hydrogens is 387 g/mol. The van der Waals surface area contributed by atoms with Crippen molar-refractivity contribution in [3.63, 3.8) is 0 Å². The molecule has 0 aliphatic rings. The van der Waals surface area contributed by atoms with E-state index in [1.807, 2.05) is 0 Å². The van der Waals surface area contributed by atoms with E-state index in [1.165, 1.54) is 0 Å². The molecule has 0 aromatic carbocycles. The molecule has 0 fully saturated rings. The molecule has 0 saturated heterocycles. The van der Waals surface area contributed by atoms with Gasteiger partial charge in [0.25, 0.3) is 0 Å². The number of phosphoric acid groups is 1. The Labute approximate surface area is 126 Å². The summed E-state index contributed by atoms with van der Waals surface area (Å²) >= 11 is 0. The third kappa shape index (κ3) is 58.4. The minimum absolute atomic E-state index is 0. The maximum Gasteiger partial charge on any atom is 2.00 e. The fraction of sp³-hybridized carbons (Fsp3) is 0. The van der Waals surface area contributed by atoms with Crippen molar-refractivity contribution in [1.82, 2.24) is 0 Å². The molecule has 0 aromatic heterocycles. The van der Waals surface area contributed by atoms with E-state index in [1.54, 1.807) is 0 Å². The van der Waals surface area contributed by atoms with Gasteiger partial charge in [-0.3, -0.25) is 0 Å². The topological polar surface area (TPSA) is 77.8 Å². The van der Waals surface area contributed by atoms with Gasteiger partial charge in [-0.25, -0.2) is 4.57 Å². The monoisotopic (exact) mass is 393 g/mol. The van der Waals surface area contributed by atoms with Crippen LogP contribution in [0.3, 0.4) is 0 Å². The Morgan fingerprint density at radius 1 is 1.25 bits per heavy atom. The molecule has 0 heterocycles. The van der Waals surface area contributed by atoms with E-state index in [4.69, 9.17) is 19.2 Å². The van der Waals surface area contributed by atoms with Gasteiger partial charge in [-0.15, -0.1) is 0 Å². The summed E-state index contributed by atoms with van der Waals surface area (Å²) in [5.41, 5.74) is 0. The summed E-state index contributed by atoms with van der Waals surface area (Å²) in [6.07, 6.45) is 0. The number of hydrogen-bond donors (Lipinski definition) is 3. The predicted octanol–water partition coefficient (Wildman–Crippen LogP) is -3.97. The second kappa shape index (κ2) is 10.3. The van der Waals surface area contributed by atoms with Crippen LogP contribution in [0.1, 0.15) is 4.28 Å². The van der Waals surface area contributed by atoms with E-state index in [2.05, 4.69) is 0 Å². The molecule has 0 aromatic rings. The van der Waals surface area contributed by atoms with Crippen LogP contribution in [0.2, 0.25) is 0 Å². The van der Waals surface area contributed by atoms with Gasteiger partial charge in [0.2, 0.25) is 0 Å². The van der Waals surface area contributed by atoms with Crippen LogP contribution >= 0.6 is 7.82 Å². The zero-order valence-electron chi connectivity index (χ0n) is 7.35. The smallest absolute Gasteiger partial charge is 1.00 e. The van der Waals surface area contributed by atoms with E-state index in [-0.39, 0.29) is 102 Å². The largest absolute Gasteiger partial charge is 2.00 e. The van der Waals surface area contributed by atoms with Crippen LogP contribution in [-0.2, 0) is 26.9 Å². The first-order chi connectivity index (χ1) is 2.00. The Morgan fingerprint density at radius 2 is 1.25 bits per heavy atom. The summed E-state index contributed by atoms with van der Waals surface area (Å²) in [6, 6.07) is 0. The molecule has 0 spiro atoms. The van der Waals surface area contributed by atoms with Crippen LogP contribution in [0.15, 0.2) is 0 Å². The molecule has 8 heteroatoms. The van der Waals surface area contributed by atoms with E-state index in [0.717, 1.165) is 0 Å².